The van der Waals surface area contributed by atoms with Gasteiger partial charge >= 0.3 is 0 Å². The van der Waals surface area contributed by atoms with Gasteiger partial charge in [0.25, 0.3) is 9.05 Å². The monoisotopic (exact) mass is 224 g/mol. The van der Waals surface area contributed by atoms with Crippen LogP contribution in [0.1, 0.15) is 0 Å². The van der Waals surface area contributed by atoms with Crippen molar-refractivity contribution in [3.8, 4) is 0 Å². The molecule has 0 fully saturated rings. The van der Waals surface area contributed by atoms with Crippen LogP contribution in [0, 0.1) is 0 Å². The second kappa shape index (κ2) is 4.08. The van der Waals surface area contributed by atoms with Gasteiger partial charge in [0.1, 0.15) is 0 Å². The Labute approximate surface area is 80.7 Å². The zero-order valence-corrected chi connectivity index (χ0v) is 8.55. The minimum absolute atomic E-state index is 0.134. The van der Waals surface area contributed by atoms with Gasteiger partial charge in [-0.25, -0.2) is 8.42 Å². The van der Waals surface area contributed by atoms with Crippen LogP contribution in [0.5, 0.6) is 0 Å². The molecule has 0 radical (unpaired) electrons. The smallest absolute Gasteiger partial charge is 0.280 e. The summed E-state index contributed by atoms with van der Waals surface area (Å²) in [6.07, 6.45) is 1.54. The van der Waals surface area contributed by atoms with Crippen molar-refractivity contribution in [3.05, 3.63) is 12.3 Å². The third-order valence-corrected chi connectivity index (χ3v) is 2.58. The van der Waals surface area contributed by atoms with Crippen molar-refractivity contribution in [2.75, 3.05) is 13.7 Å². The summed E-state index contributed by atoms with van der Waals surface area (Å²) in [5, 5.41) is 3.60. The molecule has 0 saturated carbocycles. The largest absolute Gasteiger partial charge is 0.383 e. The van der Waals surface area contributed by atoms with E-state index in [2.05, 4.69) is 5.10 Å². The SMILES string of the molecule is COCCn1ccc(S(=O)(=O)Cl)n1. The van der Waals surface area contributed by atoms with E-state index in [4.69, 9.17) is 15.4 Å². The molecule has 13 heavy (non-hydrogen) atoms. The Balaban J connectivity index is 2.76. The molecule has 0 aliphatic heterocycles. The van der Waals surface area contributed by atoms with E-state index >= 15 is 0 Å². The van der Waals surface area contributed by atoms with E-state index in [1.165, 1.54) is 16.9 Å². The Bertz CT molecular complexity index is 373. The lowest BCUT2D eigenvalue weighted by Gasteiger charge is -1.97. The van der Waals surface area contributed by atoms with Crippen molar-refractivity contribution >= 4 is 19.7 Å². The average Bonchev–Trinajstić information content (AvgIpc) is 2.47. The van der Waals surface area contributed by atoms with Gasteiger partial charge in [-0.1, -0.05) is 0 Å². The third kappa shape index (κ3) is 2.98. The van der Waals surface area contributed by atoms with Gasteiger partial charge in [0.15, 0.2) is 5.03 Å². The highest BCUT2D eigenvalue weighted by atomic mass is 35.7. The standard InChI is InChI=1S/C6H9ClN2O3S/c1-12-5-4-9-3-2-6(8-9)13(7,10)11/h2-3H,4-5H2,1H3. The van der Waals surface area contributed by atoms with Crippen LogP contribution in [-0.4, -0.2) is 31.9 Å². The summed E-state index contributed by atoms with van der Waals surface area (Å²) in [6.45, 7) is 0.979. The maximum Gasteiger partial charge on any atom is 0.280 e. The molecule has 1 aromatic rings. The number of rotatable bonds is 4. The van der Waals surface area contributed by atoms with Crippen molar-refractivity contribution in [1.29, 1.82) is 0 Å². The number of hydrogen-bond acceptors (Lipinski definition) is 4. The Hall–Kier alpha value is -0.590. The molecule has 0 aliphatic rings. The first-order chi connectivity index (χ1) is 6.04. The highest BCUT2D eigenvalue weighted by Gasteiger charge is 2.12. The lowest BCUT2D eigenvalue weighted by molar-refractivity contribution is 0.183. The van der Waals surface area contributed by atoms with E-state index in [0.717, 1.165) is 0 Å². The fourth-order valence-electron chi connectivity index (χ4n) is 0.782. The molecule has 0 aromatic carbocycles. The Kier molecular flexibility index (Phi) is 3.29. The lowest BCUT2D eigenvalue weighted by atomic mass is 10.7. The van der Waals surface area contributed by atoms with Crippen LogP contribution >= 0.6 is 10.7 Å². The van der Waals surface area contributed by atoms with Crippen LogP contribution in [0.4, 0.5) is 0 Å². The maximum absolute atomic E-state index is 10.8. The number of nitrogens with zero attached hydrogens (tertiary/aromatic N) is 2. The number of halogens is 1. The highest BCUT2D eigenvalue weighted by molar-refractivity contribution is 8.13. The van der Waals surface area contributed by atoms with Crippen LogP contribution in [0.2, 0.25) is 0 Å². The zero-order valence-electron chi connectivity index (χ0n) is 6.97. The minimum atomic E-state index is -3.71. The van der Waals surface area contributed by atoms with Crippen LogP contribution in [0.15, 0.2) is 17.3 Å². The molecule has 1 rings (SSSR count). The van der Waals surface area contributed by atoms with Crippen LogP contribution in [0.3, 0.4) is 0 Å². The molecule has 0 amide bonds. The van der Waals surface area contributed by atoms with Gasteiger partial charge in [-0.15, -0.1) is 0 Å². The summed E-state index contributed by atoms with van der Waals surface area (Å²) >= 11 is 0. The molecule has 0 N–H and O–H groups in total. The summed E-state index contributed by atoms with van der Waals surface area (Å²) in [5.41, 5.74) is 0. The van der Waals surface area contributed by atoms with Gasteiger partial charge in [0, 0.05) is 24.0 Å². The summed E-state index contributed by atoms with van der Waals surface area (Å²) in [5.74, 6) is 0. The molecule has 5 nitrogen and oxygen atoms in total. The van der Waals surface area contributed by atoms with Crippen LogP contribution < -0.4 is 0 Å². The molecule has 74 valence electrons. The molecule has 1 aromatic heterocycles. The van der Waals surface area contributed by atoms with Crippen molar-refractivity contribution < 1.29 is 13.2 Å². The zero-order chi connectivity index (χ0) is 9.90. The van der Waals surface area contributed by atoms with Crippen LogP contribution in [-0.2, 0) is 20.3 Å². The molecule has 1 heterocycles. The van der Waals surface area contributed by atoms with Gasteiger partial charge < -0.3 is 4.74 Å². The quantitative estimate of drug-likeness (QED) is 0.697. The molecule has 0 spiro atoms. The topological polar surface area (TPSA) is 61.2 Å². The Morgan fingerprint density at radius 1 is 1.69 bits per heavy atom. The summed E-state index contributed by atoms with van der Waals surface area (Å²) in [4.78, 5) is 0. The van der Waals surface area contributed by atoms with Gasteiger partial charge in [-0.3, -0.25) is 4.68 Å². The van der Waals surface area contributed by atoms with Gasteiger partial charge in [-0.2, -0.15) is 5.10 Å². The predicted octanol–water partition coefficient (Wildman–Crippen LogP) is 0.457. The van der Waals surface area contributed by atoms with Gasteiger partial charge in [0.2, 0.25) is 0 Å². The van der Waals surface area contributed by atoms with Crippen molar-refractivity contribution in [1.82, 2.24) is 9.78 Å². The summed E-state index contributed by atoms with van der Waals surface area (Å²) < 4.78 is 27.8. The Morgan fingerprint density at radius 3 is 2.85 bits per heavy atom. The molecule has 0 unspecified atom stereocenters. The van der Waals surface area contributed by atoms with Crippen molar-refractivity contribution in [3.63, 3.8) is 0 Å². The molecule has 0 aliphatic carbocycles. The summed E-state index contributed by atoms with van der Waals surface area (Å²) in [6, 6.07) is 1.35. The predicted molar refractivity (Wildman–Crippen MR) is 47.1 cm³/mol. The molecular formula is C6H9ClN2O3S. The number of aromatic nitrogens is 2. The second-order valence-electron chi connectivity index (χ2n) is 2.35. The van der Waals surface area contributed by atoms with E-state index in [9.17, 15) is 8.42 Å². The fraction of sp³-hybridized carbons (Fsp3) is 0.500. The first-order valence-corrected chi connectivity index (χ1v) is 5.82. The molecular weight excluding hydrogens is 216 g/mol. The van der Waals surface area contributed by atoms with E-state index in [-0.39, 0.29) is 5.03 Å². The number of methoxy groups -OCH3 is 1. The fourth-order valence-corrected chi connectivity index (χ4v) is 1.46. The lowest BCUT2D eigenvalue weighted by Crippen LogP contribution is -2.05. The minimum Gasteiger partial charge on any atom is -0.383 e. The Morgan fingerprint density at radius 2 is 2.38 bits per heavy atom. The molecule has 0 atom stereocenters. The van der Waals surface area contributed by atoms with E-state index in [0.29, 0.717) is 13.2 Å². The molecule has 0 bridgehead atoms. The second-order valence-corrected chi connectivity index (χ2v) is 4.86. The first kappa shape index (κ1) is 10.5. The van der Waals surface area contributed by atoms with Crippen LogP contribution in [0.25, 0.3) is 0 Å². The average molecular weight is 225 g/mol. The number of ether oxygens (including phenoxy) is 1. The molecule has 0 saturated heterocycles. The van der Waals surface area contributed by atoms with Crippen molar-refractivity contribution in [2.24, 2.45) is 0 Å². The molecule has 7 heteroatoms. The van der Waals surface area contributed by atoms with Gasteiger partial charge in [-0.05, 0) is 6.07 Å². The maximum atomic E-state index is 10.8. The third-order valence-electron chi connectivity index (χ3n) is 1.39. The van der Waals surface area contributed by atoms with E-state index in [1.54, 1.807) is 7.11 Å². The summed E-state index contributed by atoms with van der Waals surface area (Å²) in [7, 11) is 2.92. The van der Waals surface area contributed by atoms with Gasteiger partial charge in [0.05, 0.1) is 13.2 Å². The van der Waals surface area contributed by atoms with E-state index in [1.807, 2.05) is 0 Å². The highest BCUT2D eigenvalue weighted by Crippen LogP contribution is 2.10. The normalized spacial score (nSPS) is 11.8. The van der Waals surface area contributed by atoms with Crippen molar-refractivity contribution in [2.45, 2.75) is 11.6 Å². The number of hydrogen-bond donors (Lipinski definition) is 0. The van der Waals surface area contributed by atoms with E-state index < -0.39 is 9.05 Å². The first-order valence-electron chi connectivity index (χ1n) is 3.51.